The van der Waals surface area contributed by atoms with Crippen molar-refractivity contribution in [3.05, 3.63) is 95.0 Å². The summed E-state index contributed by atoms with van der Waals surface area (Å²) in [7, 11) is 1.35. The highest BCUT2D eigenvalue weighted by Crippen LogP contribution is 2.45. The summed E-state index contributed by atoms with van der Waals surface area (Å²) in [6.07, 6.45) is 3.21. The predicted octanol–water partition coefficient (Wildman–Crippen LogP) is 3.79. The Bertz CT molecular complexity index is 1280. The number of nitrogens with two attached hydrogens (primary N) is 1. The maximum atomic E-state index is 12.1. The molecule has 0 saturated carbocycles. The summed E-state index contributed by atoms with van der Waals surface area (Å²) in [4.78, 5) is 32.6. The Kier molecular flexibility index (Phi) is 5.55. The number of amides is 1. The smallest absolute Gasteiger partial charge is 0.337 e. The van der Waals surface area contributed by atoms with E-state index in [4.69, 9.17) is 10.5 Å². The van der Waals surface area contributed by atoms with Crippen molar-refractivity contribution in [3.63, 3.8) is 0 Å². The van der Waals surface area contributed by atoms with Gasteiger partial charge in [0.1, 0.15) is 12.1 Å². The van der Waals surface area contributed by atoms with Gasteiger partial charge in [-0.15, -0.1) is 0 Å². The van der Waals surface area contributed by atoms with Crippen LogP contribution in [0.3, 0.4) is 0 Å². The van der Waals surface area contributed by atoms with Crippen LogP contribution in [0.5, 0.6) is 0 Å². The molecule has 0 radical (unpaired) electrons. The predicted molar refractivity (Wildman–Crippen MR) is 124 cm³/mol. The summed E-state index contributed by atoms with van der Waals surface area (Å²) >= 11 is 0. The van der Waals surface area contributed by atoms with Gasteiger partial charge in [-0.2, -0.15) is 0 Å². The molecule has 0 saturated heterocycles. The second-order valence-electron chi connectivity index (χ2n) is 7.42. The van der Waals surface area contributed by atoms with Gasteiger partial charge in [-0.25, -0.2) is 14.8 Å². The molecule has 0 unspecified atom stereocenters. The van der Waals surface area contributed by atoms with E-state index in [9.17, 15) is 9.59 Å². The minimum atomic E-state index is -0.409. The SMILES string of the molecule is C=CC(=O)Nc1cc(C)ccc1C1=C(c2ccc(C(=O)OC)cc2)c2c(N)ncnc2C1. The van der Waals surface area contributed by atoms with E-state index in [1.807, 2.05) is 37.3 Å². The Morgan fingerprint density at radius 3 is 2.59 bits per heavy atom. The van der Waals surface area contributed by atoms with E-state index in [-0.39, 0.29) is 5.91 Å². The van der Waals surface area contributed by atoms with Crippen LogP contribution in [-0.4, -0.2) is 29.0 Å². The molecule has 0 aliphatic heterocycles. The molecule has 4 rings (SSSR count). The van der Waals surface area contributed by atoms with Crippen LogP contribution in [0.2, 0.25) is 0 Å². The molecule has 0 fully saturated rings. The number of allylic oxidation sites excluding steroid dienone is 1. The number of aromatic nitrogens is 2. The fourth-order valence-electron chi connectivity index (χ4n) is 3.90. The molecular formula is C25H22N4O3. The van der Waals surface area contributed by atoms with Gasteiger partial charge in [0.15, 0.2) is 0 Å². The summed E-state index contributed by atoms with van der Waals surface area (Å²) in [6.45, 7) is 5.51. The Morgan fingerprint density at radius 1 is 1.16 bits per heavy atom. The number of nitrogens with one attached hydrogen (secondary N) is 1. The monoisotopic (exact) mass is 426 g/mol. The molecule has 7 nitrogen and oxygen atoms in total. The zero-order valence-corrected chi connectivity index (χ0v) is 17.8. The van der Waals surface area contributed by atoms with E-state index in [0.29, 0.717) is 23.5 Å². The van der Waals surface area contributed by atoms with Gasteiger partial charge in [0.05, 0.1) is 18.4 Å². The normalized spacial score (nSPS) is 12.3. The zero-order valence-electron chi connectivity index (χ0n) is 17.8. The number of fused-ring (bicyclic) bond motifs is 1. The Labute approximate surface area is 185 Å². The second kappa shape index (κ2) is 8.47. The van der Waals surface area contributed by atoms with Crippen LogP contribution in [-0.2, 0) is 16.0 Å². The van der Waals surface area contributed by atoms with Crippen molar-refractivity contribution < 1.29 is 14.3 Å². The van der Waals surface area contributed by atoms with Gasteiger partial charge >= 0.3 is 5.97 Å². The minimum absolute atomic E-state index is 0.295. The molecule has 1 amide bonds. The number of rotatable bonds is 5. The van der Waals surface area contributed by atoms with Crippen molar-refractivity contribution >= 4 is 34.5 Å². The fourth-order valence-corrected chi connectivity index (χ4v) is 3.90. The molecule has 1 aromatic heterocycles. The number of aryl methyl sites for hydroxylation is 1. The van der Waals surface area contributed by atoms with Gasteiger partial charge in [0.25, 0.3) is 0 Å². The van der Waals surface area contributed by atoms with Crippen molar-refractivity contribution in [1.29, 1.82) is 0 Å². The number of hydrogen-bond donors (Lipinski definition) is 2. The van der Waals surface area contributed by atoms with E-state index in [1.54, 1.807) is 12.1 Å². The minimum Gasteiger partial charge on any atom is -0.465 e. The van der Waals surface area contributed by atoms with Crippen molar-refractivity contribution in [2.24, 2.45) is 0 Å². The third kappa shape index (κ3) is 3.76. The lowest BCUT2D eigenvalue weighted by atomic mass is 9.92. The number of ether oxygens (including phenoxy) is 1. The lowest BCUT2D eigenvalue weighted by molar-refractivity contribution is -0.111. The number of nitrogens with zero attached hydrogens (tertiary/aromatic N) is 2. The number of benzene rings is 2. The van der Waals surface area contributed by atoms with Gasteiger partial charge in [0, 0.05) is 23.2 Å². The van der Waals surface area contributed by atoms with E-state index < -0.39 is 5.97 Å². The van der Waals surface area contributed by atoms with Crippen molar-refractivity contribution in [1.82, 2.24) is 9.97 Å². The molecule has 2 aromatic carbocycles. The van der Waals surface area contributed by atoms with Gasteiger partial charge in [-0.05, 0) is 53.5 Å². The average Bonchev–Trinajstić information content (AvgIpc) is 3.19. The third-order valence-electron chi connectivity index (χ3n) is 5.39. The molecule has 160 valence electrons. The Morgan fingerprint density at radius 2 is 1.91 bits per heavy atom. The first kappa shape index (κ1) is 21.0. The zero-order chi connectivity index (χ0) is 22.8. The molecule has 3 aromatic rings. The van der Waals surface area contributed by atoms with E-state index in [0.717, 1.165) is 39.1 Å². The summed E-state index contributed by atoms with van der Waals surface area (Å²) in [5.41, 5.74) is 13.5. The molecule has 0 spiro atoms. The number of anilines is 2. The van der Waals surface area contributed by atoms with Crippen LogP contribution in [0.15, 0.2) is 61.4 Å². The number of methoxy groups -OCH3 is 1. The van der Waals surface area contributed by atoms with Crippen LogP contribution in [0.1, 0.15) is 38.3 Å². The first-order valence-corrected chi connectivity index (χ1v) is 9.99. The topological polar surface area (TPSA) is 107 Å². The van der Waals surface area contributed by atoms with Gasteiger partial charge in [-0.1, -0.05) is 30.8 Å². The molecule has 0 bridgehead atoms. The van der Waals surface area contributed by atoms with Crippen LogP contribution in [0.25, 0.3) is 11.1 Å². The van der Waals surface area contributed by atoms with Gasteiger partial charge < -0.3 is 15.8 Å². The average molecular weight is 426 g/mol. The molecule has 1 heterocycles. The van der Waals surface area contributed by atoms with E-state index in [1.165, 1.54) is 19.5 Å². The maximum absolute atomic E-state index is 12.1. The van der Waals surface area contributed by atoms with Crippen LogP contribution >= 0.6 is 0 Å². The molecule has 1 aliphatic rings. The molecule has 32 heavy (non-hydrogen) atoms. The van der Waals surface area contributed by atoms with E-state index >= 15 is 0 Å². The number of carbonyl (C=O) groups is 2. The van der Waals surface area contributed by atoms with Gasteiger partial charge in [-0.3, -0.25) is 4.79 Å². The van der Waals surface area contributed by atoms with Crippen LogP contribution < -0.4 is 11.1 Å². The first-order chi connectivity index (χ1) is 15.4. The highest BCUT2D eigenvalue weighted by molar-refractivity contribution is 6.09. The Hall–Kier alpha value is -4.26. The molecule has 7 heteroatoms. The maximum Gasteiger partial charge on any atom is 0.337 e. The van der Waals surface area contributed by atoms with Crippen LogP contribution in [0.4, 0.5) is 11.5 Å². The molecule has 1 aliphatic carbocycles. The second-order valence-corrected chi connectivity index (χ2v) is 7.42. The molecular weight excluding hydrogens is 404 g/mol. The highest BCUT2D eigenvalue weighted by atomic mass is 16.5. The summed E-state index contributed by atoms with van der Waals surface area (Å²) < 4.78 is 4.80. The van der Waals surface area contributed by atoms with Crippen molar-refractivity contribution in [3.8, 4) is 0 Å². The van der Waals surface area contributed by atoms with Crippen LogP contribution in [0, 0.1) is 6.92 Å². The van der Waals surface area contributed by atoms with Crippen molar-refractivity contribution in [2.75, 3.05) is 18.2 Å². The summed E-state index contributed by atoms with van der Waals surface area (Å²) in [6, 6.07) is 13.0. The summed E-state index contributed by atoms with van der Waals surface area (Å²) in [5, 5.41) is 2.90. The third-order valence-corrected chi connectivity index (χ3v) is 5.39. The first-order valence-electron chi connectivity index (χ1n) is 9.99. The van der Waals surface area contributed by atoms with Crippen molar-refractivity contribution in [2.45, 2.75) is 13.3 Å². The molecule has 3 N–H and O–H groups in total. The molecule has 0 atom stereocenters. The quantitative estimate of drug-likeness (QED) is 0.475. The Balaban J connectivity index is 1.94. The van der Waals surface area contributed by atoms with E-state index in [2.05, 4.69) is 21.9 Å². The lowest BCUT2D eigenvalue weighted by Gasteiger charge is -2.15. The van der Waals surface area contributed by atoms with Gasteiger partial charge in [0.2, 0.25) is 5.91 Å². The number of carbonyl (C=O) groups excluding carboxylic acids is 2. The number of nitrogen functional groups attached to an aromatic ring is 1. The fraction of sp³-hybridized carbons (Fsp3) is 0.120. The lowest BCUT2D eigenvalue weighted by Crippen LogP contribution is -2.10. The standard InChI is InChI=1S/C25H22N4O3/c1-4-21(30)29-19-11-14(2)5-10-17(19)18-12-20-23(24(26)28-13-27-20)22(18)15-6-8-16(9-7-15)25(31)32-3/h4-11,13H,1,12H2,2-3H3,(H,29,30)(H2,26,27,28). The number of esters is 1. The largest absolute Gasteiger partial charge is 0.465 e. The number of hydrogen-bond acceptors (Lipinski definition) is 6. The summed E-state index contributed by atoms with van der Waals surface area (Å²) in [5.74, 6) is -0.328. The highest BCUT2D eigenvalue weighted by Gasteiger charge is 2.29.